The highest BCUT2D eigenvalue weighted by Crippen LogP contribution is 2.38. The van der Waals surface area contributed by atoms with Crippen LogP contribution in [0.1, 0.15) is 65.8 Å². The molecule has 4 rings (SSSR count). The van der Waals surface area contributed by atoms with Crippen LogP contribution in [0.3, 0.4) is 0 Å². The minimum atomic E-state index is -0.489. The molecule has 5 heteroatoms. The third-order valence-electron chi connectivity index (χ3n) is 6.37. The number of benzene rings is 1. The van der Waals surface area contributed by atoms with Crippen LogP contribution in [-0.4, -0.2) is 35.0 Å². The van der Waals surface area contributed by atoms with E-state index in [-0.39, 0.29) is 18.6 Å². The third kappa shape index (κ3) is 4.20. The zero-order valence-electron chi connectivity index (χ0n) is 18.1. The number of carbonyl (C=O) groups excluding carboxylic acids is 2. The molecule has 30 heavy (non-hydrogen) atoms. The molecule has 1 fully saturated rings. The summed E-state index contributed by atoms with van der Waals surface area (Å²) < 4.78 is 7.58. The fourth-order valence-electron chi connectivity index (χ4n) is 4.61. The van der Waals surface area contributed by atoms with Gasteiger partial charge in [-0.2, -0.15) is 0 Å². The maximum Gasteiger partial charge on any atom is 0.331 e. The van der Waals surface area contributed by atoms with Gasteiger partial charge < -0.3 is 14.2 Å². The number of fused-ring (bicyclic) bond motifs is 1. The summed E-state index contributed by atoms with van der Waals surface area (Å²) in [5.74, 6) is -0.664. The monoisotopic (exact) mass is 406 g/mol. The van der Waals surface area contributed by atoms with E-state index in [1.54, 1.807) is 18.0 Å². The minimum absolute atomic E-state index is 0.0458. The maximum absolute atomic E-state index is 12.6. The van der Waals surface area contributed by atoms with E-state index >= 15 is 0 Å². The second kappa shape index (κ2) is 8.50. The molecular weight excluding hydrogens is 376 g/mol. The first-order valence-electron chi connectivity index (χ1n) is 10.8. The lowest BCUT2D eigenvalue weighted by Crippen LogP contribution is -2.36. The number of ether oxygens (including phenoxy) is 1. The molecular formula is C25H30N2O3. The van der Waals surface area contributed by atoms with Gasteiger partial charge >= 0.3 is 5.97 Å². The Morgan fingerprint density at radius 1 is 1.20 bits per heavy atom. The van der Waals surface area contributed by atoms with Crippen molar-refractivity contribution in [3.05, 3.63) is 64.5 Å². The summed E-state index contributed by atoms with van der Waals surface area (Å²) >= 11 is 0. The average molecular weight is 407 g/mol. The Balaban J connectivity index is 1.33. The molecule has 0 bridgehead atoms. The lowest BCUT2D eigenvalue weighted by atomic mass is 9.87. The number of hydrogen-bond donors (Lipinski definition) is 0. The number of nitrogens with zero attached hydrogens (tertiary/aromatic N) is 2. The van der Waals surface area contributed by atoms with Crippen LogP contribution in [0.4, 0.5) is 0 Å². The zero-order valence-corrected chi connectivity index (χ0v) is 18.1. The van der Waals surface area contributed by atoms with Crippen molar-refractivity contribution in [2.75, 3.05) is 13.7 Å². The second-order valence-electron chi connectivity index (χ2n) is 8.48. The number of carbonyl (C=O) groups is 2. The summed E-state index contributed by atoms with van der Waals surface area (Å²) in [4.78, 5) is 26.5. The largest absolute Gasteiger partial charge is 0.452 e. The van der Waals surface area contributed by atoms with Gasteiger partial charge in [-0.15, -0.1) is 0 Å². The quantitative estimate of drug-likeness (QED) is 0.523. The summed E-state index contributed by atoms with van der Waals surface area (Å²) in [5.41, 5.74) is 5.92. The molecule has 0 radical (unpaired) electrons. The first-order valence-corrected chi connectivity index (χ1v) is 10.8. The smallest absolute Gasteiger partial charge is 0.331 e. The van der Waals surface area contributed by atoms with E-state index < -0.39 is 5.97 Å². The molecule has 158 valence electrons. The van der Waals surface area contributed by atoms with E-state index in [1.807, 2.05) is 12.1 Å². The summed E-state index contributed by atoms with van der Waals surface area (Å²) in [6.45, 7) is 3.94. The lowest BCUT2D eigenvalue weighted by molar-refractivity contribution is -0.148. The minimum Gasteiger partial charge on any atom is -0.452 e. The van der Waals surface area contributed by atoms with Gasteiger partial charge in [0.2, 0.25) is 0 Å². The SMILES string of the molecule is Cc1cc(/C=C/C(=O)OCC(=O)N(C)[C@@H]2CCCc3ccccc32)c(C)n1C1CC1. The summed E-state index contributed by atoms with van der Waals surface area (Å²) in [6.07, 6.45) is 8.70. The molecule has 2 aliphatic carbocycles. The molecule has 2 aliphatic rings. The van der Waals surface area contributed by atoms with Crippen molar-refractivity contribution in [2.45, 2.75) is 58.0 Å². The van der Waals surface area contributed by atoms with Gasteiger partial charge in [-0.3, -0.25) is 4.79 Å². The third-order valence-corrected chi connectivity index (χ3v) is 6.37. The number of likely N-dealkylation sites (N-methyl/N-ethyl adjacent to an activating group) is 1. The molecule has 5 nitrogen and oxygen atoms in total. The summed E-state index contributed by atoms with van der Waals surface area (Å²) in [5, 5.41) is 0. The molecule has 0 N–H and O–H groups in total. The van der Waals surface area contributed by atoms with Gasteiger partial charge in [0.25, 0.3) is 5.91 Å². The Morgan fingerprint density at radius 2 is 1.97 bits per heavy atom. The Labute approximate surface area is 178 Å². The van der Waals surface area contributed by atoms with Crippen LogP contribution < -0.4 is 0 Å². The predicted molar refractivity (Wildman–Crippen MR) is 117 cm³/mol. The first kappa shape index (κ1) is 20.5. The van der Waals surface area contributed by atoms with Crippen LogP contribution >= 0.6 is 0 Å². The normalized spacial score (nSPS) is 18.3. The van der Waals surface area contributed by atoms with Crippen LogP contribution in [0.2, 0.25) is 0 Å². The van der Waals surface area contributed by atoms with Crippen molar-refractivity contribution in [1.82, 2.24) is 9.47 Å². The van der Waals surface area contributed by atoms with Gasteiger partial charge in [0, 0.05) is 30.6 Å². The molecule has 1 heterocycles. The molecule has 1 amide bonds. The molecule has 0 unspecified atom stereocenters. The molecule has 0 saturated heterocycles. The number of esters is 1. The van der Waals surface area contributed by atoms with Gasteiger partial charge in [-0.1, -0.05) is 24.3 Å². The van der Waals surface area contributed by atoms with E-state index in [2.05, 4.69) is 36.6 Å². The van der Waals surface area contributed by atoms with Gasteiger partial charge in [-0.25, -0.2) is 4.79 Å². The number of hydrogen-bond acceptors (Lipinski definition) is 3. The molecule has 2 aromatic rings. The van der Waals surface area contributed by atoms with Crippen LogP contribution in [0.5, 0.6) is 0 Å². The van der Waals surface area contributed by atoms with Crippen molar-refractivity contribution in [1.29, 1.82) is 0 Å². The number of rotatable bonds is 6. The van der Waals surface area contributed by atoms with Crippen molar-refractivity contribution < 1.29 is 14.3 Å². The van der Waals surface area contributed by atoms with E-state index in [1.165, 1.54) is 41.4 Å². The van der Waals surface area contributed by atoms with Crippen molar-refractivity contribution >= 4 is 18.0 Å². The van der Waals surface area contributed by atoms with Crippen LogP contribution in [0.25, 0.3) is 6.08 Å². The number of aromatic nitrogens is 1. The average Bonchev–Trinajstić information content (AvgIpc) is 3.54. The molecule has 0 aliphatic heterocycles. The van der Waals surface area contributed by atoms with Crippen LogP contribution in [0, 0.1) is 13.8 Å². The van der Waals surface area contributed by atoms with Gasteiger partial charge in [0.1, 0.15) is 0 Å². The van der Waals surface area contributed by atoms with E-state index in [0.29, 0.717) is 6.04 Å². The van der Waals surface area contributed by atoms with E-state index in [4.69, 9.17) is 4.74 Å². The molecule has 1 aromatic carbocycles. The first-order chi connectivity index (χ1) is 14.5. The van der Waals surface area contributed by atoms with Crippen molar-refractivity contribution in [2.24, 2.45) is 0 Å². The van der Waals surface area contributed by atoms with Gasteiger partial charge in [-0.05, 0) is 74.8 Å². The van der Waals surface area contributed by atoms with E-state index in [9.17, 15) is 9.59 Å². The number of amides is 1. The molecule has 1 saturated carbocycles. The molecule has 0 spiro atoms. The van der Waals surface area contributed by atoms with Gasteiger partial charge in [0.15, 0.2) is 6.61 Å². The lowest BCUT2D eigenvalue weighted by Gasteiger charge is -2.33. The maximum atomic E-state index is 12.6. The van der Waals surface area contributed by atoms with Gasteiger partial charge in [0.05, 0.1) is 6.04 Å². The fraction of sp³-hybridized carbons (Fsp3) is 0.440. The van der Waals surface area contributed by atoms with Crippen molar-refractivity contribution in [3.8, 4) is 0 Å². The fourth-order valence-corrected chi connectivity index (χ4v) is 4.61. The van der Waals surface area contributed by atoms with Crippen molar-refractivity contribution in [3.63, 3.8) is 0 Å². The predicted octanol–water partition coefficient (Wildman–Crippen LogP) is 4.53. The van der Waals surface area contributed by atoms with Crippen LogP contribution in [0.15, 0.2) is 36.4 Å². The highest BCUT2D eigenvalue weighted by Gasteiger charge is 2.27. The molecule has 1 aromatic heterocycles. The topological polar surface area (TPSA) is 51.5 Å². The zero-order chi connectivity index (χ0) is 21.3. The summed E-state index contributed by atoms with van der Waals surface area (Å²) in [6, 6.07) is 11.0. The molecule has 1 atom stereocenters. The Bertz CT molecular complexity index is 984. The van der Waals surface area contributed by atoms with Crippen LogP contribution in [-0.2, 0) is 20.7 Å². The Kier molecular flexibility index (Phi) is 5.80. The number of aryl methyl sites for hydroxylation is 2. The highest BCUT2D eigenvalue weighted by atomic mass is 16.5. The Morgan fingerprint density at radius 3 is 2.73 bits per heavy atom. The standard InChI is InChI=1S/C25H30N2O3/c1-17-15-20(18(2)27(17)21-12-13-21)11-14-25(29)30-16-24(28)26(3)23-10-6-8-19-7-4-5-9-22(19)23/h4-5,7,9,11,14-15,21,23H,6,8,10,12-13,16H2,1-3H3/b14-11+/t23-/m1/s1. The van der Waals surface area contributed by atoms with E-state index in [0.717, 1.165) is 24.8 Å². The highest BCUT2D eigenvalue weighted by molar-refractivity contribution is 5.89. The Hall–Kier alpha value is -2.82. The second-order valence-corrected chi connectivity index (χ2v) is 8.48. The summed E-state index contributed by atoms with van der Waals surface area (Å²) in [7, 11) is 1.80.